The van der Waals surface area contributed by atoms with Gasteiger partial charge in [-0.15, -0.1) is 11.6 Å². The number of halogens is 2. The molecule has 0 saturated heterocycles. The molecule has 1 amide bonds. The number of carbonyl (C=O) groups is 1. The summed E-state index contributed by atoms with van der Waals surface area (Å²) in [5.74, 6) is -0.723. The van der Waals surface area contributed by atoms with Crippen LogP contribution in [0.4, 0.5) is 10.1 Å². The Morgan fingerprint density at radius 2 is 2.14 bits per heavy atom. The van der Waals surface area contributed by atoms with Crippen molar-refractivity contribution in [1.29, 1.82) is 0 Å². The largest absolute Gasteiger partial charge is 0.349 e. The van der Waals surface area contributed by atoms with E-state index in [0.717, 1.165) is 43.9 Å². The molecule has 7 heteroatoms. The van der Waals surface area contributed by atoms with Crippen molar-refractivity contribution in [2.45, 2.75) is 31.7 Å². The van der Waals surface area contributed by atoms with Crippen LogP contribution < -0.4 is 5.32 Å². The number of nitrogens with one attached hydrogen (secondary N) is 1. The summed E-state index contributed by atoms with van der Waals surface area (Å²) in [5, 5.41) is 13.7. The molecule has 1 N–H and O–H groups in total. The molecule has 0 bridgehead atoms. The average Bonchev–Trinajstić information content (AvgIpc) is 2.47. The average molecular weight is 315 g/mol. The first-order valence-corrected chi connectivity index (χ1v) is 7.37. The van der Waals surface area contributed by atoms with Gasteiger partial charge in [0.1, 0.15) is 11.4 Å². The molecule has 1 aromatic carbocycles. The number of benzene rings is 1. The zero-order chi connectivity index (χ0) is 15.4. The van der Waals surface area contributed by atoms with Crippen LogP contribution in [0.3, 0.4) is 0 Å². The molecular weight excluding hydrogens is 299 g/mol. The van der Waals surface area contributed by atoms with Crippen molar-refractivity contribution in [3.8, 4) is 0 Å². The van der Waals surface area contributed by atoms with Gasteiger partial charge in [0.25, 0.3) is 11.6 Å². The number of rotatable bonds is 4. The Morgan fingerprint density at radius 1 is 1.43 bits per heavy atom. The topological polar surface area (TPSA) is 72.2 Å². The van der Waals surface area contributed by atoms with Crippen molar-refractivity contribution >= 4 is 23.2 Å². The van der Waals surface area contributed by atoms with Crippen molar-refractivity contribution in [1.82, 2.24) is 5.32 Å². The minimum absolute atomic E-state index is 0.119. The minimum atomic E-state index is -0.686. The Balaban J connectivity index is 2.19. The summed E-state index contributed by atoms with van der Waals surface area (Å²) >= 11 is 5.89. The fourth-order valence-corrected chi connectivity index (χ4v) is 3.05. The van der Waals surface area contributed by atoms with E-state index in [2.05, 4.69) is 5.32 Å². The molecule has 0 heterocycles. The number of alkyl halides is 1. The van der Waals surface area contributed by atoms with Crippen LogP contribution in [-0.2, 0) is 0 Å². The molecular formula is C14H16ClFN2O3. The van der Waals surface area contributed by atoms with E-state index in [1.54, 1.807) is 0 Å². The number of amides is 1. The Labute approximate surface area is 126 Å². The summed E-state index contributed by atoms with van der Waals surface area (Å²) in [6, 6.07) is 2.75. The quantitative estimate of drug-likeness (QED) is 0.526. The van der Waals surface area contributed by atoms with Gasteiger partial charge in [0.15, 0.2) is 0 Å². The Kier molecular flexibility index (Phi) is 5.12. The number of hydrogen-bond acceptors (Lipinski definition) is 3. The van der Waals surface area contributed by atoms with Crippen LogP contribution in [0.15, 0.2) is 18.2 Å². The van der Waals surface area contributed by atoms with E-state index in [0.29, 0.717) is 5.88 Å². The van der Waals surface area contributed by atoms with Gasteiger partial charge in [-0.1, -0.05) is 12.8 Å². The SMILES string of the molecule is O=C(NC1CCCCC1CCl)c1cc(F)ccc1[N+](=O)[O-]. The highest BCUT2D eigenvalue weighted by Gasteiger charge is 2.28. The van der Waals surface area contributed by atoms with Gasteiger partial charge in [0.05, 0.1) is 4.92 Å². The lowest BCUT2D eigenvalue weighted by Crippen LogP contribution is -2.43. The molecule has 2 atom stereocenters. The number of hydrogen-bond donors (Lipinski definition) is 1. The second-order valence-corrected chi connectivity index (χ2v) is 5.51. The van der Waals surface area contributed by atoms with Crippen LogP contribution >= 0.6 is 11.6 Å². The molecule has 5 nitrogen and oxygen atoms in total. The second kappa shape index (κ2) is 6.85. The highest BCUT2D eigenvalue weighted by atomic mass is 35.5. The Bertz CT molecular complexity index is 553. The van der Waals surface area contributed by atoms with Crippen LogP contribution in [0.1, 0.15) is 36.0 Å². The standard InChI is InChI=1S/C14H16ClFN2O3/c15-8-9-3-1-2-4-12(9)17-14(19)11-7-10(16)5-6-13(11)18(20)21/h5-7,9,12H,1-4,8H2,(H,17,19). The van der Waals surface area contributed by atoms with Crippen LogP contribution in [0.2, 0.25) is 0 Å². The van der Waals surface area contributed by atoms with Gasteiger partial charge in [-0.3, -0.25) is 14.9 Å². The maximum atomic E-state index is 13.3. The maximum absolute atomic E-state index is 13.3. The fraction of sp³-hybridized carbons (Fsp3) is 0.500. The highest BCUT2D eigenvalue weighted by molar-refractivity contribution is 6.18. The Morgan fingerprint density at radius 3 is 2.81 bits per heavy atom. The third-order valence-corrected chi connectivity index (χ3v) is 4.22. The molecule has 0 radical (unpaired) electrons. The van der Waals surface area contributed by atoms with Crippen molar-refractivity contribution < 1.29 is 14.1 Å². The van der Waals surface area contributed by atoms with Crippen LogP contribution in [0, 0.1) is 21.8 Å². The van der Waals surface area contributed by atoms with Crippen molar-refractivity contribution in [3.05, 3.63) is 39.7 Å². The predicted octanol–water partition coefficient (Wildman–Crippen LogP) is 3.26. The molecule has 0 aliphatic heterocycles. The molecule has 2 rings (SSSR count). The summed E-state index contributed by atoms with van der Waals surface area (Å²) in [6.45, 7) is 0. The lowest BCUT2D eigenvalue weighted by Gasteiger charge is -2.30. The van der Waals surface area contributed by atoms with E-state index in [-0.39, 0.29) is 17.5 Å². The molecule has 0 aromatic heterocycles. The first-order valence-electron chi connectivity index (χ1n) is 6.83. The molecule has 0 spiro atoms. The zero-order valence-electron chi connectivity index (χ0n) is 11.4. The van der Waals surface area contributed by atoms with Gasteiger partial charge in [0, 0.05) is 18.0 Å². The van der Waals surface area contributed by atoms with Crippen molar-refractivity contribution in [2.75, 3.05) is 5.88 Å². The van der Waals surface area contributed by atoms with Gasteiger partial charge in [-0.25, -0.2) is 4.39 Å². The fourth-order valence-electron chi connectivity index (χ4n) is 2.68. The van der Waals surface area contributed by atoms with E-state index in [1.165, 1.54) is 0 Å². The van der Waals surface area contributed by atoms with Crippen molar-refractivity contribution in [2.24, 2.45) is 5.92 Å². The summed E-state index contributed by atoms with van der Waals surface area (Å²) < 4.78 is 13.3. The van der Waals surface area contributed by atoms with E-state index in [9.17, 15) is 19.3 Å². The molecule has 2 unspecified atom stereocenters. The monoisotopic (exact) mass is 314 g/mol. The van der Waals surface area contributed by atoms with Crippen LogP contribution in [-0.4, -0.2) is 22.8 Å². The number of nitro benzene ring substituents is 1. The van der Waals surface area contributed by atoms with Crippen molar-refractivity contribution in [3.63, 3.8) is 0 Å². The number of nitrogens with zero attached hydrogens (tertiary/aromatic N) is 1. The molecule has 1 aromatic rings. The van der Waals surface area contributed by atoms with E-state index in [1.807, 2.05) is 0 Å². The maximum Gasteiger partial charge on any atom is 0.282 e. The number of carbonyl (C=O) groups excluding carboxylic acids is 1. The summed E-state index contributed by atoms with van der Waals surface area (Å²) in [4.78, 5) is 22.5. The molecule has 114 valence electrons. The molecule has 1 fully saturated rings. The first-order chi connectivity index (χ1) is 10.0. The van der Waals surface area contributed by atoms with Crippen LogP contribution in [0.5, 0.6) is 0 Å². The lowest BCUT2D eigenvalue weighted by atomic mass is 9.85. The third-order valence-electron chi connectivity index (χ3n) is 3.82. The molecule has 21 heavy (non-hydrogen) atoms. The lowest BCUT2D eigenvalue weighted by molar-refractivity contribution is -0.385. The van der Waals surface area contributed by atoms with E-state index < -0.39 is 22.3 Å². The van der Waals surface area contributed by atoms with E-state index >= 15 is 0 Å². The molecule has 1 aliphatic rings. The van der Waals surface area contributed by atoms with E-state index in [4.69, 9.17) is 11.6 Å². The van der Waals surface area contributed by atoms with Gasteiger partial charge >= 0.3 is 0 Å². The summed E-state index contributed by atoms with van der Waals surface area (Å²) in [5.41, 5.74) is -0.647. The number of nitro groups is 1. The minimum Gasteiger partial charge on any atom is -0.349 e. The second-order valence-electron chi connectivity index (χ2n) is 5.20. The smallest absolute Gasteiger partial charge is 0.282 e. The van der Waals surface area contributed by atoms with Gasteiger partial charge in [-0.05, 0) is 30.9 Å². The van der Waals surface area contributed by atoms with Crippen LogP contribution in [0.25, 0.3) is 0 Å². The molecule has 1 aliphatic carbocycles. The van der Waals surface area contributed by atoms with Gasteiger partial charge < -0.3 is 5.32 Å². The third kappa shape index (κ3) is 3.69. The summed E-state index contributed by atoms with van der Waals surface area (Å²) in [6.07, 6.45) is 3.74. The molecule has 1 saturated carbocycles. The van der Waals surface area contributed by atoms with Gasteiger partial charge in [0.2, 0.25) is 0 Å². The Hall–Kier alpha value is -1.69. The predicted molar refractivity (Wildman–Crippen MR) is 77.0 cm³/mol. The highest BCUT2D eigenvalue weighted by Crippen LogP contribution is 2.26. The summed E-state index contributed by atoms with van der Waals surface area (Å²) in [7, 11) is 0. The van der Waals surface area contributed by atoms with Gasteiger partial charge in [-0.2, -0.15) is 0 Å². The first kappa shape index (κ1) is 15.7. The zero-order valence-corrected chi connectivity index (χ0v) is 12.1. The normalized spacial score (nSPS) is 21.8.